The van der Waals surface area contributed by atoms with Crippen LogP contribution in [0.1, 0.15) is 5.56 Å². The molecular formula is C16H10BrN3. The number of hydrogen-bond donors (Lipinski definition) is 1. The minimum absolute atomic E-state index is 0.591. The number of aromatic nitrogens is 1. The average molecular weight is 324 g/mol. The van der Waals surface area contributed by atoms with Gasteiger partial charge in [-0.2, -0.15) is 5.26 Å². The van der Waals surface area contributed by atoms with E-state index >= 15 is 0 Å². The Bertz CT molecular complexity index is 816. The van der Waals surface area contributed by atoms with E-state index < -0.39 is 0 Å². The van der Waals surface area contributed by atoms with Crippen molar-refractivity contribution in [1.82, 2.24) is 4.98 Å². The summed E-state index contributed by atoms with van der Waals surface area (Å²) in [5, 5.41) is 13.6. The number of nitriles is 1. The van der Waals surface area contributed by atoms with Crippen molar-refractivity contribution in [3.8, 4) is 6.07 Å². The molecule has 0 saturated heterocycles. The molecule has 3 aromatic rings. The summed E-state index contributed by atoms with van der Waals surface area (Å²) in [6.45, 7) is 0. The Morgan fingerprint density at radius 1 is 1.00 bits per heavy atom. The molecule has 0 fully saturated rings. The van der Waals surface area contributed by atoms with E-state index in [9.17, 15) is 5.26 Å². The molecule has 0 saturated carbocycles. The summed E-state index contributed by atoms with van der Waals surface area (Å²) in [6, 6.07) is 17.6. The van der Waals surface area contributed by atoms with E-state index in [0.717, 1.165) is 26.8 Å². The predicted octanol–water partition coefficient (Wildman–Crippen LogP) is 4.61. The van der Waals surface area contributed by atoms with Gasteiger partial charge in [-0.15, -0.1) is 0 Å². The lowest BCUT2D eigenvalue weighted by Crippen LogP contribution is -1.95. The molecule has 4 heteroatoms. The number of benzene rings is 2. The van der Waals surface area contributed by atoms with Crippen molar-refractivity contribution in [3.63, 3.8) is 0 Å². The molecule has 0 unspecified atom stereocenters. The second-order valence-electron chi connectivity index (χ2n) is 4.27. The van der Waals surface area contributed by atoms with E-state index in [4.69, 9.17) is 0 Å². The average Bonchev–Trinajstić information content (AvgIpc) is 2.48. The number of nitrogens with zero attached hydrogens (tertiary/aromatic N) is 2. The molecule has 3 rings (SSSR count). The molecule has 0 aliphatic rings. The topological polar surface area (TPSA) is 48.7 Å². The molecule has 0 aliphatic carbocycles. The first-order valence-electron chi connectivity index (χ1n) is 6.09. The SMILES string of the molecule is N#Cc1c(Br)cccc1Nc1cccc2ncccc12. The highest BCUT2D eigenvalue weighted by Crippen LogP contribution is 2.29. The number of anilines is 2. The van der Waals surface area contributed by atoms with Crippen LogP contribution in [0.15, 0.2) is 59.2 Å². The van der Waals surface area contributed by atoms with Crippen LogP contribution < -0.4 is 5.32 Å². The fourth-order valence-corrected chi connectivity index (χ4v) is 2.55. The highest BCUT2D eigenvalue weighted by atomic mass is 79.9. The summed E-state index contributed by atoms with van der Waals surface area (Å²) in [7, 11) is 0. The number of fused-ring (bicyclic) bond motifs is 1. The lowest BCUT2D eigenvalue weighted by atomic mass is 10.1. The van der Waals surface area contributed by atoms with Gasteiger partial charge in [0, 0.05) is 21.7 Å². The van der Waals surface area contributed by atoms with Crippen molar-refractivity contribution < 1.29 is 0 Å². The third kappa shape index (κ3) is 2.24. The minimum atomic E-state index is 0.591. The monoisotopic (exact) mass is 323 g/mol. The largest absolute Gasteiger partial charge is 0.354 e. The van der Waals surface area contributed by atoms with Gasteiger partial charge in [0.1, 0.15) is 6.07 Å². The lowest BCUT2D eigenvalue weighted by Gasteiger charge is -2.11. The van der Waals surface area contributed by atoms with Crippen molar-refractivity contribution in [3.05, 3.63) is 64.8 Å². The molecule has 0 amide bonds. The van der Waals surface area contributed by atoms with Gasteiger partial charge in [0.2, 0.25) is 0 Å². The van der Waals surface area contributed by atoms with Gasteiger partial charge in [0.05, 0.1) is 16.8 Å². The van der Waals surface area contributed by atoms with Crippen molar-refractivity contribution in [2.45, 2.75) is 0 Å². The molecule has 3 nitrogen and oxygen atoms in total. The van der Waals surface area contributed by atoms with Gasteiger partial charge < -0.3 is 5.32 Å². The molecule has 1 N–H and O–H groups in total. The summed E-state index contributed by atoms with van der Waals surface area (Å²) in [5.41, 5.74) is 3.22. The van der Waals surface area contributed by atoms with Crippen molar-refractivity contribution in [1.29, 1.82) is 5.26 Å². The van der Waals surface area contributed by atoms with Gasteiger partial charge in [-0.05, 0) is 52.3 Å². The normalized spacial score (nSPS) is 10.2. The molecule has 0 radical (unpaired) electrons. The van der Waals surface area contributed by atoms with Gasteiger partial charge in [0.25, 0.3) is 0 Å². The summed E-state index contributed by atoms with van der Waals surface area (Å²) >= 11 is 3.40. The van der Waals surface area contributed by atoms with Crippen LogP contribution in [0.5, 0.6) is 0 Å². The second kappa shape index (κ2) is 5.32. The van der Waals surface area contributed by atoms with E-state index in [2.05, 4.69) is 32.3 Å². The molecule has 0 atom stereocenters. The number of nitrogens with one attached hydrogen (secondary N) is 1. The Labute approximate surface area is 125 Å². The van der Waals surface area contributed by atoms with Crippen LogP contribution in [0.2, 0.25) is 0 Å². The first kappa shape index (κ1) is 12.6. The maximum Gasteiger partial charge on any atom is 0.103 e. The summed E-state index contributed by atoms with van der Waals surface area (Å²) in [5.74, 6) is 0. The van der Waals surface area contributed by atoms with E-state index in [1.807, 2.05) is 48.5 Å². The highest BCUT2D eigenvalue weighted by Gasteiger charge is 2.08. The number of pyridine rings is 1. The maximum atomic E-state index is 9.26. The van der Waals surface area contributed by atoms with Crippen LogP contribution in [0.4, 0.5) is 11.4 Å². The standard InChI is InChI=1S/C16H10BrN3/c17-13-5-1-7-16(12(13)10-18)20-15-8-2-6-14-11(15)4-3-9-19-14/h1-9,20H. The number of halogens is 1. The fraction of sp³-hybridized carbons (Fsp3) is 0. The first-order valence-corrected chi connectivity index (χ1v) is 6.88. The molecular weight excluding hydrogens is 314 g/mol. The molecule has 20 heavy (non-hydrogen) atoms. The zero-order valence-electron chi connectivity index (χ0n) is 10.5. The molecule has 0 spiro atoms. The first-order chi connectivity index (χ1) is 9.79. The predicted molar refractivity (Wildman–Crippen MR) is 83.9 cm³/mol. The summed E-state index contributed by atoms with van der Waals surface area (Å²) in [4.78, 5) is 4.33. The van der Waals surface area contributed by atoms with Crippen molar-refractivity contribution >= 4 is 38.2 Å². The summed E-state index contributed by atoms with van der Waals surface area (Å²) < 4.78 is 0.781. The van der Waals surface area contributed by atoms with E-state index in [1.54, 1.807) is 6.20 Å². The van der Waals surface area contributed by atoms with E-state index in [0.29, 0.717) is 5.56 Å². The molecule has 2 aromatic carbocycles. The van der Waals surface area contributed by atoms with Crippen LogP contribution in [0.3, 0.4) is 0 Å². The van der Waals surface area contributed by atoms with Crippen LogP contribution >= 0.6 is 15.9 Å². The molecule has 0 aliphatic heterocycles. The maximum absolute atomic E-state index is 9.26. The van der Waals surface area contributed by atoms with Crippen LogP contribution in [0, 0.1) is 11.3 Å². The smallest absolute Gasteiger partial charge is 0.103 e. The number of rotatable bonds is 2. The Morgan fingerprint density at radius 3 is 2.65 bits per heavy atom. The Kier molecular flexibility index (Phi) is 3.36. The zero-order valence-corrected chi connectivity index (χ0v) is 12.1. The second-order valence-corrected chi connectivity index (χ2v) is 5.13. The van der Waals surface area contributed by atoms with Crippen molar-refractivity contribution in [2.75, 3.05) is 5.32 Å². The van der Waals surface area contributed by atoms with Gasteiger partial charge in [-0.1, -0.05) is 12.1 Å². The van der Waals surface area contributed by atoms with Gasteiger partial charge in [0.15, 0.2) is 0 Å². The molecule has 1 aromatic heterocycles. The van der Waals surface area contributed by atoms with Crippen LogP contribution in [-0.4, -0.2) is 4.98 Å². The quantitative estimate of drug-likeness (QED) is 0.749. The third-order valence-electron chi connectivity index (χ3n) is 3.04. The molecule has 0 bridgehead atoms. The molecule has 1 heterocycles. The van der Waals surface area contributed by atoms with Gasteiger partial charge in [-0.25, -0.2) is 0 Å². The van der Waals surface area contributed by atoms with Gasteiger partial charge >= 0.3 is 0 Å². The number of hydrogen-bond acceptors (Lipinski definition) is 3. The van der Waals surface area contributed by atoms with E-state index in [-0.39, 0.29) is 0 Å². The lowest BCUT2D eigenvalue weighted by molar-refractivity contribution is 1.41. The Balaban J connectivity index is 2.11. The van der Waals surface area contributed by atoms with Crippen LogP contribution in [0.25, 0.3) is 10.9 Å². The minimum Gasteiger partial charge on any atom is -0.354 e. The van der Waals surface area contributed by atoms with Gasteiger partial charge in [-0.3, -0.25) is 4.98 Å². The Hall–Kier alpha value is -2.38. The van der Waals surface area contributed by atoms with E-state index in [1.165, 1.54) is 0 Å². The fourth-order valence-electron chi connectivity index (χ4n) is 2.10. The van der Waals surface area contributed by atoms with Crippen LogP contribution in [-0.2, 0) is 0 Å². The molecule has 96 valence electrons. The third-order valence-corrected chi connectivity index (χ3v) is 3.70. The zero-order chi connectivity index (χ0) is 13.9. The Morgan fingerprint density at radius 2 is 1.80 bits per heavy atom. The highest BCUT2D eigenvalue weighted by molar-refractivity contribution is 9.10. The van der Waals surface area contributed by atoms with Crippen molar-refractivity contribution in [2.24, 2.45) is 0 Å². The summed E-state index contributed by atoms with van der Waals surface area (Å²) in [6.07, 6.45) is 1.77.